The van der Waals surface area contributed by atoms with E-state index in [0.29, 0.717) is 11.7 Å². The molecule has 132 valence electrons. The molecule has 0 saturated heterocycles. The molecule has 0 aliphatic rings. The number of nitriles is 2. The molecule has 2 aromatic rings. The first-order valence-electron chi connectivity index (χ1n) is 7.85. The number of benzene rings is 1. The van der Waals surface area contributed by atoms with Gasteiger partial charge in [0.1, 0.15) is 17.5 Å². The van der Waals surface area contributed by atoms with Gasteiger partial charge < -0.3 is 10.6 Å². The molecule has 0 saturated carbocycles. The van der Waals surface area contributed by atoms with Gasteiger partial charge in [-0.25, -0.2) is 9.97 Å². The maximum Gasteiger partial charge on any atom is 0.237 e. The Morgan fingerprint density at radius 2 is 1.96 bits per heavy atom. The minimum Gasteiger partial charge on any atom is -0.382 e. The predicted octanol–water partition coefficient (Wildman–Crippen LogP) is 2.59. The van der Waals surface area contributed by atoms with Crippen LogP contribution in [-0.2, 0) is 4.79 Å². The first kappa shape index (κ1) is 19.2. The smallest absolute Gasteiger partial charge is 0.237 e. The summed E-state index contributed by atoms with van der Waals surface area (Å²) < 4.78 is 0. The van der Waals surface area contributed by atoms with Crippen LogP contribution in [0.25, 0.3) is 0 Å². The fourth-order valence-electron chi connectivity index (χ4n) is 2.40. The van der Waals surface area contributed by atoms with Gasteiger partial charge in [-0.15, -0.1) is 0 Å². The monoisotopic (exact) mass is 366 g/mol. The molecule has 0 unspecified atom stereocenters. The van der Waals surface area contributed by atoms with E-state index in [2.05, 4.69) is 16.0 Å². The number of rotatable bonds is 6. The van der Waals surface area contributed by atoms with E-state index in [1.807, 2.05) is 38.1 Å². The summed E-state index contributed by atoms with van der Waals surface area (Å²) in [6, 6.07) is 9.84. The second-order valence-corrected chi connectivity index (χ2v) is 6.59. The van der Waals surface area contributed by atoms with Crippen molar-refractivity contribution in [3.05, 3.63) is 41.1 Å². The summed E-state index contributed by atoms with van der Waals surface area (Å²) in [6.45, 7) is 4.24. The number of hydrogen-bond donors (Lipinski definition) is 1. The number of aromatic nitrogens is 2. The molecule has 0 bridgehead atoms. The molecule has 2 N–H and O–H groups in total. The summed E-state index contributed by atoms with van der Waals surface area (Å²) in [5.74, 6) is 0.0407. The van der Waals surface area contributed by atoms with Gasteiger partial charge >= 0.3 is 0 Å². The molecule has 0 aliphatic heterocycles. The molecule has 0 spiro atoms. The molecular formula is C18H18N6OS. The molecule has 1 aromatic heterocycles. The van der Waals surface area contributed by atoms with Crippen LogP contribution >= 0.6 is 11.8 Å². The van der Waals surface area contributed by atoms with E-state index in [9.17, 15) is 4.79 Å². The Morgan fingerprint density at radius 3 is 2.54 bits per heavy atom. The van der Waals surface area contributed by atoms with E-state index < -0.39 is 0 Å². The highest BCUT2D eigenvalue weighted by Gasteiger charge is 2.17. The largest absolute Gasteiger partial charge is 0.382 e. The number of carbonyl (C=O) groups is 1. The number of thioether (sulfide) groups is 1. The van der Waals surface area contributed by atoms with Gasteiger partial charge in [-0.1, -0.05) is 17.8 Å². The Balaban J connectivity index is 2.15. The normalized spacial score (nSPS) is 10.0. The molecule has 1 aromatic carbocycles. The fourth-order valence-corrected chi connectivity index (χ4v) is 3.10. The maximum atomic E-state index is 12.7. The van der Waals surface area contributed by atoms with Crippen molar-refractivity contribution in [2.75, 3.05) is 22.9 Å². The van der Waals surface area contributed by atoms with Gasteiger partial charge in [-0.2, -0.15) is 10.5 Å². The first-order valence-corrected chi connectivity index (χ1v) is 8.84. The number of nitrogen functional groups attached to an aromatic ring is 1. The van der Waals surface area contributed by atoms with Gasteiger partial charge in [0.25, 0.3) is 0 Å². The standard InChI is InChI=1S/C18H18N6OS/c1-12-6-13(2)8-15(7-12)24(5-3-4-19)16(25)11-26-18-22-10-14(9-20)17(21)23-18/h6-8,10H,3,5,11H2,1-2H3,(H2,21,22,23). The number of anilines is 2. The average molecular weight is 366 g/mol. The van der Waals surface area contributed by atoms with Gasteiger partial charge in [0.15, 0.2) is 5.16 Å². The Bertz CT molecular complexity index is 879. The maximum absolute atomic E-state index is 12.7. The summed E-state index contributed by atoms with van der Waals surface area (Å²) in [5, 5.41) is 18.1. The zero-order chi connectivity index (χ0) is 19.1. The molecule has 26 heavy (non-hydrogen) atoms. The molecular weight excluding hydrogens is 348 g/mol. The molecule has 0 radical (unpaired) electrons. The third-order valence-electron chi connectivity index (χ3n) is 3.51. The van der Waals surface area contributed by atoms with E-state index in [-0.39, 0.29) is 29.5 Å². The number of aryl methyl sites for hydroxylation is 2. The number of carbonyl (C=O) groups excluding carboxylic acids is 1. The van der Waals surface area contributed by atoms with Crippen LogP contribution in [0.15, 0.2) is 29.6 Å². The van der Waals surface area contributed by atoms with Gasteiger partial charge in [0.05, 0.1) is 24.4 Å². The Hall–Kier alpha value is -3.10. The molecule has 8 heteroatoms. The highest BCUT2D eigenvalue weighted by Crippen LogP contribution is 2.22. The fraction of sp³-hybridized carbons (Fsp3) is 0.278. The summed E-state index contributed by atoms with van der Waals surface area (Å²) in [4.78, 5) is 22.4. The molecule has 0 atom stereocenters. The average Bonchev–Trinajstić information content (AvgIpc) is 2.59. The zero-order valence-electron chi connectivity index (χ0n) is 14.6. The number of nitrogens with zero attached hydrogens (tertiary/aromatic N) is 5. The zero-order valence-corrected chi connectivity index (χ0v) is 15.4. The third-order valence-corrected chi connectivity index (χ3v) is 4.35. The lowest BCUT2D eigenvalue weighted by Crippen LogP contribution is -2.33. The lowest BCUT2D eigenvalue weighted by atomic mass is 10.1. The van der Waals surface area contributed by atoms with Crippen molar-refractivity contribution in [1.29, 1.82) is 10.5 Å². The Labute approximate surface area is 156 Å². The Kier molecular flexibility index (Phi) is 6.54. The van der Waals surface area contributed by atoms with Crippen LogP contribution in [0, 0.1) is 36.5 Å². The van der Waals surface area contributed by atoms with E-state index in [1.165, 1.54) is 6.20 Å². The van der Waals surface area contributed by atoms with Crippen molar-refractivity contribution in [2.24, 2.45) is 0 Å². The lowest BCUT2D eigenvalue weighted by molar-refractivity contribution is -0.116. The second kappa shape index (κ2) is 8.84. The molecule has 7 nitrogen and oxygen atoms in total. The second-order valence-electron chi connectivity index (χ2n) is 5.65. The van der Waals surface area contributed by atoms with Crippen molar-refractivity contribution < 1.29 is 4.79 Å². The number of hydrogen-bond acceptors (Lipinski definition) is 7. The molecule has 1 amide bonds. The van der Waals surface area contributed by atoms with E-state index in [0.717, 1.165) is 28.6 Å². The summed E-state index contributed by atoms with van der Waals surface area (Å²) in [5.41, 5.74) is 8.73. The number of amides is 1. The van der Waals surface area contributed by atoms with Crippen LogP contribution in [0.4, 0.5) is 11.5 Å². The number of nitrogens with two attached hydrogens (primary N) is 1. The van der Waals surface area contributed by atoms with E-state index in [4.69, 9.17) is 16.3 Å². The highest BCUT2D eigenvalue weighted by molar-refractivity contribution is 7.99. The SMILES string of the molecule is Cc1cc(C)cc(N(CCC#N)C(=O)CSc2ncc(C#N)c(N)n2)c1. The highest BCUT2D eigenvalue weighted by atomic mass is 32.2. The summed E-state index contributed by atoms with van der Waals surface area (Å²) in [6.07, 6.45) is 1.58. The predicted molar refractivity (Wildman–Crippen MR) is 100 cm³/mol. The van der Waals surface area contributed by atoms with Gasteiger partial charge in [0, 0.05) is 12.2 Å². The van der Waals surface area contributed by atoms with Crippen molar-refractivity contribution >= 4 is 29.2 Å². The summed E-state index contributed by atoms with van der Waals surface area (Å²) in [7, 11) is 0. The molecule has 1 heterocycles. The van der Waals surface area contributed by atoms with Crippen LogP contribution in [0.2, 0.25) is 0 Å². The summed E-state index contributed by atoms with van der Waals surface area (Å²) >= 11 is 1.14. The van der Waals surface area contributed by atoms with Crippen molar-refractivity contribution in [2.45, 2.75) is 25.4 Å². The Morgan fingerprint density at radius 1 is 1.27 bits per heavy atom. The topological polar surface area (TPSA) is 120 Å². The minimum atomic E-state index is -0.151. The van der Waals surface area contributed by atoms with Crippen LogP contribution in [-0.4, -0.2) is 28.2 Å². The molecule has 0 aliphatic carbocycles. The van der Waals surface area contributed by atoms with E-state index in [1.54, 1.807) is 4.90 Å². The van der Waals surface area contributed by atoms with Crippen LogP contribution in [0.5, 0.6) is 0 Å². The quantitative estimate of drug-likeness (QED) is 0.616. The van der Waals surface area contributed by atoms with Crippen molar-refractivity contribution in [3.8, 4) is 12.1 Å². The van der Waals surface area contributed by atoms with Crippen molar-refractivity contribution in [3.63, 3.8) is 0 Å². The van der Waals surface area contributed by atoms with Gasteiger partial charge in [-0.05, 0) is 37.1 Å². The minimum absolute atomic E-state index is 0.0908. The first-order chi connectivity index (χ1) is 12.4. The molecule has 0 fully saturated rings. The third kappa shape index (κ3) is 4.95. The van der Waals surface area contributed by atoms with Crippen LogP contribution < -0.4 is 10.6 Å². The van der Waals surface area contributed by atoms with Gasteiger partial charge in [0.2, 0.25) is 5.91 Å². The van der Waals surface area contributed by atoms with Crippen molar-refractivity contribution in [1.82, 2.24) is 9.97 Å². The molecule has 2 rings (SSSR count). The van der Waals surface area contributed by atoms with Gasteiger partial charge in [-0.3, -0.25) is 4.79 Å². The van der Waals surface area contributed by atoms with Crippen LogP contribution in [0.1, 0.15) is 23.1 Å². The van der Waals surface area contributed by atoms with Crippen LogP contribution in [0.3, 0.4) is 0 Å². The lowest BCUT2D eigenvalue weighted by Gasteiger charge is -2.22. The van der Waals surface area contributed by atoms with E-state index >= 15 is 0 Å².